The normalized spacial score (nSPS) is 23.9. The molecule has 10 heteroatoms. The van der Waals surface area contributed by atoms with Crippen LogP contribution in [-0.2, 0) is 19.1 Å². The summed E-state index contributed by atoms with van der Waals surface area (Å²) in [5.41, 5.74) is 2.60. The van der Waals surface area contributed by atoms with Crippen molar-refractivity contribution in [2.75, 3.05) is 38.8 Å². The number of aliphatic carboxylic acids is 1. The number of benzene rings is 2. The number of carboxylic acids is 1. The molecule has 0 bridgehead atoms. The molecule has 3 heterocycles. The van der Waals surface area contributed by atoms with Gasteiger partial charge in [0.15, 0.2) is 11.5 Å². The van der Waals surface area contributed by atoms with Gasteiger partial charge in [0.25, 0.3) is 5.91 Å². The molecule has 2 aromatic rings. The van der Waals surface area contributed by atoms with Gasteiger partial charge in [0.1, 0.15) is 24.6 Å². The van der Waals surface area contributed by atoms with Crippen LogP contribution in [0.25, 0.3) is 0 Å². The van der Waals surface area contributed by atoms with Crippen LogP contribution in [0.1, 0.15) is 62.8 Å². The van der Waals surface area contributed by atoms with Gasteiger partial charge in [-0.05, 0) is 42.9 Å². The smallest absolute Gasteiger partial charge is 0.308 e. The zero-order chi connectivity index (χ0) is 30.3. The molecule has 1 fully saturated rings. The number of piperidine rings is 1. The van der Waals surface area contributed by atoms with E-state index >= 15 is 0 Å². The summed E-state index contributed by atoms with van der Waals surface area (Å²) >= 11 is 0. The summed E-state index contributed by atoms with van der Waals surface area (Å²) in [4.78, 5) is 43.2. The number of hydrogen-bond donors (Lipinski definition) is 1. The first-order valence-electron chi connectivity index (χ1n) is 14.4. The predicted octanol–water partition coefficient (Wildman–Crippen LogP) is 4.35. The topological polar surface area (TPSA) is 115 Å². The SMILES string of the molecule is COc1cccc([C@H]2O[C@H](CC(=O)N3CCC[C@H](C(=O)O)C3)C(=O)N3c4c(cc(C)cc42)OC[C@H]3C(C)(C)C)c1OC. The Morgan fingerprint density at radius 3 is 2.55 bits per heavy atom. The summed E-state index contributed by atoms with van der Waals surface area (Å²) in [5, 5.41) is 9.56. The molecule has 42 heavy (non-hydrogen) atoms. The first-order chi connectivity index (χ1) is 19.9. The van der Waals surface area contributed by atoms with Crippen molar-refractivity contribution in [1.29, 1.82) is 0 Å². The first kappa shape index (κ1) is 29.7. The Morgan fingerprint density at radius 1 is 1.12 bits per heavy atom. The average Bonchev–Trinajstić information content (AvgIpc) is 3.07. The van der Waals surface area contributed by atoms with E-state index in [-0.39, 0.29) is 36.2 Å². The van der Waals surface area contributed by atoms with Crippen LogP contribution >= 0.6 is 0 Å². The van der Waals surface area contributed by atoms with Gasteiger partial charge in [-0.1, -0.05) is 39.0 Å². The molecule has 0 aromatic heterocycles. The number of likely N-dealkylation sites (tertiary alicyclic amines) is 1. The fourth-order valence-corrected chi connectivity index (χ4v) is 6.28. The minimum Gasteiger partial charge on any atom is -0.493 e. The maximum absolute atomic E-state index is 14.5. The Labute approximate surface area is 246 Å². The van der Waals surface area contributed by atoms with E-state index < -0.39 is 24.1 Å². The molecule has 0 aliphatic carbocycles. The van der Waals surface area contributed by atoms with Gasteiger partial charge in [-0.25, -0.2) is 0 Å². The van der Waals surface area contributed by atoms with Gasteiger partial charge in [-0.15, -0.1) is 0 Å². The lowest BCUT2D eigenvalue weighted by Gasteiger charge is -2.44. The summed E-state index contributed by atoms with van der Waals surface area (Å²) in [6.45, 7) is 9.00. The van der Waals surface area contributed by atoms with Crippen LogP contribution in [0.3, 0.4) is 0 Å². The third-order valence-electron chi connectivity index (χ3n) is 8.49. The molecule has 4 atom stereocenters. The number of aryl methyl sites for hydroxylation is 1. The monoisotopic (exact) mass is 580 g/mol. The molecule has 2 amide bonds. The van der Waals surface area contributed by atoms with Crippen molar-refractivity contribution in [2.45, 2.75) is 65.2 Å². The lowest BCUT2D eigenvalue weighted by Crippen LogP contribution is -2.56. The quantitative estimate of drug-likeness (QED) is 0.536. The molecule has 0 radical (unpaired) electrons. The minimum atomic E-state index is -1.13. The van der Waals surface area contributed by atoms with E-state index in [0.29, 0.717) is 54.5 Å². The van der Waals surface area contributed by atoms with Gasteiger partial charge in [-0.3, -0.25) is 19.3 Å². The number of ether oxygens (including phenoxy) is 4. The number of carbonyl (C=O) groups is 3. The Morgan fingerprint density at radius 2 is 1.88 bits per heavy atom. The van der Waals surface area contributed by atoms with Crippen LogP contribution in [0.4, 0.5) is 5.69 Å². The van der Waals surface area contributed by atoms with Crippen molar-refractivity contribution in [3.05, 3.63) is 47.0 Å². The fraction of sp³-hybridized carbons (Fsp3) is 0.531. The fourth-order valence-electron chi connectivity index (χ4n) is 6.28. The van der Waals surface area contributed by atoms with Crippen molar-refractivity contribution in [2.24, 2.45) is 11.3 Å². The highest BCUT2D eigenvalue weighted by molar-refractivity contribution is 6.02. The van der Waals surface area contributed by atoms with E-state index in [9.17, 15) is 19.5 Å². The Kier molecular flexibility index (Phi) is 8.11. The number of carboxylic acid groups (broad SMARTS) is 1. The summed E-state index contributed by atoms with van der Waals surface area (Å²) in [6.07, 6.45) is -1.02. The first-order valence-corrected chi connectivity index (χ1v) is 14.4. The molecule has 3 aliphatic heterocycles. The van der Waals surface area contributed by atoms with E-state index in [4.69, 9.17) is 18.9 Å². The predicted molar refractivity (Wildman–Crippen MR) is 155 cm³/mol. The molecule has 2 aromatic carbocycles. The summed E-state index contributed by atoms with van der Waals surface area (Å²) in [5.74, 6) is -0.609. The highest BCUT2D eigenvalue weighted by atomic mass is 16.5. The summed E-state index contributed by atoms with van der Waals surface area (Å²) in [6, 6.07) is 9.08. The Bertz CT molecular complexity index is 1380. The second kappa shape index (κ2) is 11.5. The third kappa shape index (κ3) is 5.40. The van der Waals surface area contributed by atoms with E-state index in [2.05, 4.69) is 20.8 Å². The highest BCUT2D eigenvalue weighted by Crippen LogP contribution is 2.51. The van der Waals surface area contributed by atoms with Crippen LogP contribution < -0.4 is 19.1 Å². The lowest BCUT2D eigenvalue weighted by molar-refractivity contribution is -0.149. The van der Waals surface area contributed by atoms with Gasteiger partial charge in [0, 0.05) is 24.2 Å². The third-order valence-corrected chi connectivity index (χ3v) is 8.49. The van der Waals surface area contributed by atoms with Crippen molar-refractivity contribution in [1.82, 2.24) is 4.90 Å². The molecule has 0 unspecified atom stereocenters. The molecular weight excluding hydrogens is 540 g/mol. The zero-order valence-corrected chi connectivity index (χ0v) is 25.1. The van der Waals surface area contributed by atoms with Gasteiger partial charge in [-0.2, -0.15) is 0 Å². The number of hydrogen-bond acceptors (Lipinski definition) is 7. The van der Waals surface area contributed by atoms with E-state index in [1.165, 1.54) is 0 Å². The van der Waals surface area contributed by atoms with Crippen molar-refractivity contribution >= 4 is 23.5 Å². The van der Waals surface area contributed by atoms with Crippen LogP contribution in [0.15, 0.2) is 30.3 Å². The van der Waals surface area contributed by atoms with Crippen LogP contribution in [-0.4, -0.2) is 73.9 Å². The second-order valence-corrected chi connectivity index (χ2v) is 12.4. The molecular formula is C32H40N2O8. The van der Waals surface area contributed by atoms with Gasteiger partial charge >= 0.3 is 5.97 Å². The van der Waals surface area contributed by atoms with Gasteiger partial charge in [0.05, 0.1) is 38.3 Å². The number of rotatable bonds is 6. The molecule has 1 saturated heterocycles. The molecule has 5 rings (SSSR count). The number of anilines is 1. The molecule has 10 nitrogen and oxygen atoms in total. The maximum atomic E-state index is 14.5. The second-order valence-electron chi connectivity index (χ2n) is 12.4. The number of methoxy groups -OCH3 is 2. The van der Waals surface area contributed by atoms with Crippen molar-refractivity contribution in [3.63, 3.8) is 0 Å². The maximum Gasteiger partial charge on any atom is 0.308 e. The number of para-hydroxylation sites is 1. The largest absolute Gasteiger partial charge is 0.493 e. The average molecular weight is 581 g/mol. The van der Waals surface area contributed by atoms with Crippen LogP contribution in [0.2, 0.25) is 0 Å². The molecule has 0 saturated carbocycles. The van der Waals surface area contributed by atoms with E-state index in [1.54, 1.807) is 30.1 Å². The van der Waals surface area contributed by atoms with E-state index in [0.717, 1.165) is 11.1 Å². The molecule has 3 aliphatic rings. The Balaban J connectivity index is 1.64. The number of amides is 2. The van der Waals surface area contributed by atoms with Crippen LogP contribution in [0, 0.1) is 18.3 Å². The lowest BCUT2D eigenvalue weighted by atomic mass is 9.84. The zero-order valence-electron chi connectivity index (χ0n) is 25.1. The van der Waals surface area contributed by atoms with E-state index in [1.807, 2.05) is 31.2 Å². The molecule has 1 N–H and O–H groups in total. The molecule has 0 spiro atoms. The summed E-state index contributed by atoms with van der Waals surface area (Å²) in [7, 11) is 3.11. The number of nitrogens with zero attached hydrogens (tertiary/aromatic N) is 2. The highest BCUT2D eigenvalue weighted by Gasteiger charge is 2.48. The standard InChI is InChI=1S/C32H40N2O8/c1-18-13-21-27-23(14-18)41-17-25(32(2,3)4)34(27)30(36)24(15-26(35)33-12-8-9-19(16-33)31(37)38)42-28(21)20-10-7-11-22(39-5)29(20)40-6/h7,10-11,13-14,19,24-25,28H,8-9,12,15-17H2,1-6H3,(H,37,38)/t19-,24+,25-,28+/m0/s1. The van der Waals surface area contributed by atoms with Crippen molar-refractivity contribution < 1.29 is 38.4 Å². The number of carbonyl (C=O) groups excluding carboxylic acids is 2. The minimum absolute atomic E-state index is 0.119. The van der Waals surface area contributed by atoms with Gasteiger partial charge < -0.3 is 29.0 Å². The summed E-state index contributed by atoms with van der Waals surface area (Å²) < 4.78 is 24.4. The van der Waals surface area contributed by atoms with Gasteiger partial charge in [0.2, 0.25) is 5.91 Å². The Hall–Kier alpha value is -3.79. The van der Waals surface area contributed by atoms with Crippen LogP contribution in [0.5, 0.6) is 17.2 Å². The van der Waals surface area contributed by atoms with Crippen molar-refractivity contribution in [3.8, 4) is 17.2 Å². The molecule has 226 valence electrons.